The SMILES string of the molecule is C=CCCC.CCCC=CCCC. The van der Waals surface area contributed by atoms with Crippen LogP contribution in [0.4, 0.5) is 0 Å². The van der Waals surface area contributed by atoms with Crippen LogP contribution in [-0.2, 0) is 0 Å². The average molecular weight is 182 g/mol. The van der Waals surface area contributed by atoms with Crippen LogP contribution < -0.4 is 0 Å². The molecule has 0 atom stereocenters. The molecule has 0 bridgehead atoms. The lowest BCUT2D eigenvalue weighted by Gasteiger charge is -1.83. The summed E-state index contributed by atoms with van der Waals surface area (Å²) in [6, 6.07) is 0. The fourth-order valence-corrected chi connectivity index (χ4v) is 0.773. The third-order valence-corrected chi connectivity index (χ3v) is 1.57. The van der Waals surface area contributed by atoms with Gasteiger partial charge >= 0.3 is 0 Å². The molecule has 0 aromatic heterocycles. The average Bonchev–Trinajstić information content (AvgIpc) is 2.15. The molecule has 0 nitrogen and oxygen atoms in total. The minimum absolute atomic E-state index is 1.15. The molecule has 0 rings (SSSR count). The summed E-state index contributed by atoms with van der Waals surface area (Å²) in [5.74, 6) is 0. The topological polar surface area (TPSA) is 0 Å². The van der Waals surface area contributed by atoms with Gasteiger partial charge in [0, 0.05) is 0 Å². The van der Waals surface area contributed by atoms with E-state index >= 15 is 0 Å². The molecular weight excluding hydrogens is 156 g/mol. The van der Waals surface area contributed by atoms with Gasteiger partial charge in [-0.25, -0.2) is 0 Å². The summed E-state index contributed by atoms with van der Waals surface area (Å²) >= 11 is 0. The second kappa shape index (κ2) is 17.5. The highest BCUT2D eigenvalue weighted by Crippen LogP contribution is 1.92. The Bertz CT molecular complexity index is 92.6. The smallest absolute Gasteiger partial charge is 0.0353 e. The summed E-state index contributed by atoms with van der Waals surface area (Å²) in [7, 11) is 0. The highest BCUT2D eigenvalue weighted by molar-refractivity contribution is 4.79. The van der Waals surface area contributed by atoms with Gasteiger partial charge in [-0.1, -0.05) is 58.3 Å². The fraction of sp³-hybridized carbons (Fsp3) is 0.692. The van der Waals surface area contributed by atoms with E-state index < -0.39 is 0 Å². The molecule has 0 aliphatic carbocycles. The van der Waals surface area contributed by atoms with E-state index in [2.05, 4.69) is 39.5 Å². The molecule has 0 aliphatic heterocycles. The van der Waals surface area contributed by atoms with Crippen LogP contribution in [0.5, 0.6) is 0 Å². The molecule has 0 aliphatic rings. The molecule has 0 unspecified atom stereocenters. The first-order chi connectivity index (χ1) is 6.33. The Morgan fingerprint density at radius 1 is 0.769 bits per heavy atom. The van der Waals surface area contributed by atoms with E-state index in [1.54, 1.807) is 0 Å². The highest BCUT2D eigenvalue weighted by Gasteiger charge is 1.72. The molecule has 0 radical (unpaired) electrons. The van der Waals surface area contributed by atoms with Gasteiger partial charge < -0.3 is 0 Å². The molecule has 13 heavy (non-hydrogen) atoms. The van der Waals surface area contributed by atoms with E-state index in [9.17, 15) is 0 Å². The first kappa shape index (κ1) is 15.0. The molecular formula is C13H26. The third kappa shape index (κ3) is 24.6. The van der Waals surface area contributed by atoms with Gasteiger partial charge in [0.2, 0.25) is 0 Å². The van der Waals surface area contributed by atoms with Gasteiger partial charge in [-0.2, -0.15) is 0 Å². The number of rotatable bonds is 6. The van der Waals surface area contributed by atoms with Crippen LogP contribution in [0.3, 0.4) is 0 Å². The Labute approximate surface area is 84.7 Å². The quantitative estimate of drug-likeness (QED) is 0.500. The molecule has 0 saturated carbocycles. The maximum atomic E-state index is 3.55. The standard InChI is InChI=1S/C8H16.C5H10/c1-3-5-7-8-6-4-2;1-3-5-4-2/h7-8H,3-6H2,1-2H3;3H,1,4-5H2,2H3. The van der Waals surface area contributed by atoms with Crippen LogP contribution in [0, 0.1) is 0 Å². The van der Waals surface area contributed by atoms with Gasteiger partial charge in [-0.05, 0) is 19.3 Å². The van der Waals surface area contributed by atoms with Crippen molar-refractivity contribution in [2.75, 3.05) is 0 Å². The van der Waals surface area contributed by atoms with Gasteiger partial charge in [0.25, 0.3) is 0 Å². The van der Waals surface area contributed by atoms with Crippen LogP contribution in [-0.4, -0.2) is 0 Å². The molecule has 0 spiro atoms. The summed E-state index contributed by atoms with van der Waals surface area (Å²) in [5.41, 5.74) is 0. The van der Waals surface area contributed by atoms with Crippen molar-refractivity contribution >= 4 is 0 Å². The van der Waals surface area contributed by atoms with Crippen LogP contribution in [0.1, 0.15) is 59.3 Å². The molecule has 0 heteroatoms. The van der Waals surface area contributed by atoms with Gasteiger partial charge in [-0.15, -0.1) is 6.58 Å². The maximum absolute atomic E-state index is 3.55. The second-order valence-electron chi connectivity index (χ2n) is 3.13. The van der Waals surface area contributed by atoms with Crippen molar-refractivity contribution in [2.45, 2.75) is 59.3 Å². The second-order valence-corrected chi connectivity index (χ2v) is 3.13. The molecule has 0 saturated heterocycles. The monoisotopic (exact) mass is 182 g/mol. The summed E-state index contributed by atoms with van der Waals surface area (Å²) < 4.78 is 0. The molecule has 0 aromatic rings. The summed E-state index contributed by atoms with van der Waals surface area (Å²) in [6.07, 6.45) is 13.9. The lowest BCUT2D eigenvalue weighted by atomic mass is 10.2. The van der Waals surface area contributed by atoms with Crippen molar-refractivity contribution in [3.05, 3.63) is 24.8 Å². The maximum Gasteiger partial charge on any atom is -0.0353 e. The van der Waals surface area contributed by atoms with Crippen LogP contribution in [0.15, 0.2) is 24.8 Å². The number of allylic oxidation sites excluding steroid dienone is 3. The van der Waals surface area contributed by atoms with E-state index in [4.69, 9.17) is 0 Å². The number of hydrogen-bond acceptors (Lipinski definition) is 0. The van der Waals surface area contributed by atoms with E-state index in [-0.39, 0.29) is 0 Å². The van der Waals surface area contributed by atoms with Crippen molar-refractivity contribution in [1.82, 2.24) is 0 Å². The van der Waals surface area contributed by atoms with Crippen LogP contribution in [0.25, 0.3) is 0 Å². The van der Waals surface area contributed by atoms with Crippen LogP contribution in [0.2, 0.25) is 0 Å². The van der Waals surface area contributed by atoms with Crippen molar-refractivity contribution in [1.29, 1.82) is 0 Å². The first-order valence-corrected chi connectivity index (χ1v) is 5.59. The fourth-order valence-electron chi connectivity index (χ4n) is 0.773. The minimum Gasteiger partial charge on any atom is -0.103 e. The molecule has 0 aromatic carbocycles. The third-order valence-electron chi connectivity index (χ3n) is 1.57. The van der Waals surface area contributed by atoms with Crippen molar-refractivity contribution in [3.63, 3.8) is 0 Å². The first-order valence-electron chi connectivity index (χ1n) is 5.59. The predicted molar refractivity (Wildman–Crippen MR) is 64.1 cm³/mol. The van der Waals surface area contributed by atoms with Gasteiger partial charge in [0.1, 0.15) is 0 Å². The minimum atomic E-state index is 1.15. The van der Waals surface area contributed by atoms with Crippen molar-refractivity contribution in [2.24, 2.45) is 0 Å². The Morgan fingerprint density at radius 3 is 1.31 bits per heavy atom. The zero-order chi connectivity index (χ0) is 10.4. The number of hydrogen-bond donors (Lipinski definition) is 0. The van der Waals surface area contributed by atoms with E-state index in [0.29, 0.717) is 0 Å². The summed E-state index contributed by atoms with van der Waals surface area (Å²) in [6.45, 7) is 10.1. The van der Waals surface area contributed by atoms with Gasteiger partial charge in [0.05, 0.1) is 0 Å². The Morgan fingerprint density at radius 2 is 1.15 bits per heavy atom. The normalized spacial score (nSPS) is 9.46. The highest BCUT2D eigenvalue weighted by atomic mass is 13.8. The van der Waals surface area contributed by atoms with Crippen LogP contribution >= 0.6 is 0 Å². The lowest BCUT2D eigenvalue weighted by Crippen LogP contribution is -1.62. The lowest BCUT2D eigenvalue weighted by molar-refractivity contribution is 0.921. The Kier molecular flexibility index (Phi) is 20.2. The largest absolute Gasteiger partial charge is 0.103 e. The van der Waals surface area contributed by atoms with E-state index in [1.807, 2.05) is 6.08 Å². The number of unbranched alkanes of at least 4 members (excludes halogenated alkanes) is 3. The predicted octanol–water partition coefficient (Wildman–Crippen LogP) is 5.12. The molecule has 0 N–H and O–H groups in total. The van der Waals surface area contributed by atoms with Gasteiger partial charge in [0.15, 0.2) is 0 Å². The summed E-state index contributed by atoms with van der Waals surface area (Å²) in [5, 5.41) is 0. The molecule has 0 fully saturated rings. The van der Waals surface area contributed by atoms with E-state index in [1.165, 1.54) is 32.1 Å². The molecule has 78 valence electrons. The van der Waals surface area contributed by atoms with E-state index in [0.717, 1.165) is 6.42 Å². The van der Waals surface area contributed by atoms with Crippen molar-refractivity contribution in [3.8, 4) is 0 Å². The summed E-state index contributed by atoms with van der Waals surface area (Å²) in [4.78, 5) is 0. The molecule has 0 heterocycles. The molecule has 0 amide bonds. The Hall–Kier alpha value is -0.520. The van der Waals surface area contributed by atoms with Crippen molar-refractivity contribution < 1.29 is 0 Å². The van der Waals surface area contributed by atoms with Gasteiger partial charge in [-0.3, -0.25) is 0 Å². The zero-order valence-electron chi connectivity index (χ0n) is 9.68. The Balaban J connectivity index is 0. The zero-order valence-corrected chi connectivity index (χ0v) is 9.68.